The SMILES string of the molecule is NS(=O)(=O)c1c(OC(F)(F)F)cccc1C(F)(F)F. The average Bonchev–Trinajstić information content (AvgIpc) is 2.11. The zero-order valence-electron chi connectivity index (χ0n) is 8.71. The number of hydrogen-bond acceptors (Lipinski definition) is 3. The molecule has 0 bridgehead atoms. The summed E-state index contributed by atoms with van der Waals surface area (Å²) in [6.45, 7) is 0. The van der Waals surface area contributed by atoms with E-state index in [-0.39, 0.29) is 6.07 Å². The molecule has 108 valence electrons. The van der Waals surface area contributed by atoms with Crippen LogP contribution >= 0.6 is 0 Å². The fraction of sp³-hybridized carbons (Fsp3) is 0.250. The van der Waals surface area contributed by atoms with Gasteiger partial charge in [0, 0.05) is 0 Å². The number of hydrogen-bond donors (Lipinski definition) is 1. The molecule has 1 aromatic rings. The molecule has 0 aliphatic rings. The van der Waals surface area contributed by atoms with Crippen molar-refractivity contribution >= 4 is 10.0 Å². The first kappa shape index (κ1) is 15.6. The Morgan fingerprint density at radius 1 is 1.05 bits per heavy atom. The fourth-order valence-corrected chi connectivity index (χ4v) is 2.12. The van der Waals surface area contributed by atoms with E-state index in [2.05, 4.69) is 9.88 Å². The second kappa shape index (κ2) is 4.56. The van der Waals surface area contributed by atoms with Gasteiger partial charge in [0.05, 0.1) is 5.56 Å². The summed E-state index contributed by atoms with van der Waals surface area (Å²) in [5.41, 5.74) is -1.84. The number of alkyl halides is 6. The molecule has 0 unspecified atom stereocenters. The highest BCUT2D eigenvalue weighted by Gasteiger charge is 2.41. The summed E-state index contributed by atoms with van der Waals surface area (Å²) in [6, 6.07) is 1.27. The van der Waals surface area contributed by atoms with Crippen molar-refractivity contribution in [2.45, 2.75) is 17.4 Å². The van der Waals surface area contributed by atoms with Gasteiger partial charge in [-0.05, 0) is 12.1 Å². The minimum absolute atomic E-state index is 0.281. The van der Waals surface area contributed by atoms with E-state index < -0.39 is 38.8 Å². The van der Waals surface area contributed by atoms with Crippen molar-refractivity contribution in [1.29, 1.82) is 0 Å². The number of sulfonamides is 1. The summed E-state index contributed by atoms with van der Waals surface area (Å²) in [4.78, 5) is -1.76. The van der Waals surface area contributed by atoms with Gasteiger partial charge < -0.3 is 4.74 Å². The third-order valence-corrected chi connectivity index (χ3v) is 2.78. The van der Waals surface area contributed by atoms with E-state index in [1.807, 2.05) is 0 Å². The molecule has 0 radical (unpaired) electrons. The zero-order valence-corrected chi connectivity index (χ0v) is 9.53. The van der Waals surface area contributed by atoms with E-state index in [9.17, 15) is 34.8 Å². The number of rotatable bonds is 2. The van der Waals surface area contributed by atoms with Crippen molar-refractivity contribution < 1.29 is 39.5 Å². The Balaban J connectivity index is 3.59. The highest BCUT2D eigenvalue weighted by Crippen LogP contribution is 2.39. The molecular formula is C8H5F6NO3S. The van der Waals surface area contributed by atoms with Crippen LogP contribution in [0.5, 0.6) is 5.75 Å². The number of ether oxygens (including phenoxy) is 1. The molecule has 4 nitrogen and oxygen atoms in total. The third kappa shape index (κ3) is 3.99. The van der Waals surface area contributed by atoms with Gasteiger partial charge in [-0.15, -0.1) is 13.2 Å². The Morgan fingerprint density at radius 3 is 1.95 bits per heavy atom. The van der Waals surface area contributed by atoms with E-state index in [1.165, 1.54) is 0 Å². The normalized spacial score (nSPS) is 13.4. The van der Waals surface area contributed by atoms with E-state index >= 15 is 0 Å². The molecule has 0 saturated carbocycles. The molecular weight excluding hydrogens is 304 g/mol. The van der Waals surface area contributed by atoms with Gasteiger partial charge in [-0.2, -0.15) is 13.2 Å². The largest absolute Gasteiger partial charge is 0.573 e. The molecule has 0 amide bonds. The van der Waals surface area contributed by atoms with E-state index in [0.717, 1.165) is 0 Å². The molecule has 0 fully saturated rings. The summed E-state index contributed by atoms with van der Waals surface area (Å²) < 4.78 is 98.9. The molecule has 0 saturated heterocycles. The van der Waals surface area contributed by atoms with E-state index in [4.69, 9.17) is 0 Å². The van der Waals surface area contributed by atoms with Gasteiger partial charge in [0.25, 0.3) is 0 Å². The average molecular weight is 309 g/mol. The predicted molar refractivity (Wildman–Crippen MR) is 49.5 cm³/mol. The van der Waals surface area contributed by atoms with Gasteiger partial charge >= 0.3 is 12.5 Å². The van der Waals surface area contributed by atoms with Gasteiger partial charge in [0.1, 0.15) is 10.6 Å². The topological polar surface area (TPSA) is 69.4 Å². The Labute approximate surface area is 102 Å². The van der Waals surface area contributed by atoms with Crippen LogP contribution in [0.4, 0.5) is 26.3 Å². The Kier molecular flexibility index (Phi) is 3.74. The second-order valence-electron chi connectivity index (χ2n) is 3.22. The summed E-state index contributed by atoms with van der Waals surface area (Å²) >= 11 is 0. The van der Waals surface area contributed by atoms with Crippen LogP contribution < -0.4 is 9.88 Å². The minimum atomic E-state index is -5.36. The molecule has 1 rings (SSSR count). The maximum absolute atomic E-state index is 12.5. The quantitative estimate of drug-likeness (QED) is 0.852. The number of primary sulfonamides is 1. The van der Waals surface area contributed by atoms with Gasteiger partial charge in [-0.1, -0.05) is 6.07 Å². The van der Waals surface area contributed by atoms with Crippen molar-refractivity contribution in [2.75, 3.05) is 0 Å². The lowest BCUT2D eigenvalue weighted by molar-refractivity contribution is -0.275. The van der Waals surface area contributed by atoms with Crippen molar-refractivity contribution in [3.63, 3.8) is 0 Å². The fourth-order valence-electron chi connectivity index (χ4n) is 1.24. The molecule has 0 atom stereocenters. The molecule has 0 heterocycles. The molecule has 0 spiro atoms. The molecule has 1 aromatic carbocycles. The van der Waals surface area contributed by atoms with Gasteiger partial charge in [0.2, 0.25) is 10.0 Å². The lowest BCUT2D eigenvalue weighted by Gasteiger charge is -2.16. The monoisotopic (exact) mass is 309 g/mol. The lowest BCUT2D eigenvalue weighted by Crippen LogP contribution is -2.24. The van der Waals surface area contributed by atoms with Crippen molar-refractivity contribution in [3.8, 4) is 5.75 Å². The summed E-state index contributed by atoms with van der Waals surface area (Å²) in [5, 5.41) is 4.50. The first-order valence-electron chi connectivity index (χ1n) is 4.31. The van der Waals surface area contributed by atoms with Crippen LogP contribution in [0.2, 0.25) is 0 Å². The first-order valence-corrected chi connectivity index (χ1v) is 5.86. The van der Waals surface area contributed by atoms with E-state index in [0.29, 0.717) is 12.1 Å². The van der Waals surface area contributed by atoms with Crippen molar-refractivity contribution in [3.05, 3.63) is 23.8 Å². The molecule has 19 heavy (non-hydrogen) atoms. The maximum Gasteiger partial charge on any atom is 0.573 e. The summed E-state index contributed by atoms with van der Waals surface area (Å²) in [6.07, 6.45) is -10.6. The van der Waals surface area contributed by atoms with Crippen LogP contribution in [0.15, 0.2) is 23.1 Å². The van der Waals surface area contributed by atoms with Crippen LogP contribution in [0.25, 0.3) is 0 Å². The lowest BCUT2D eigenvalue weighted by atomic mass is 10.2. The molecule has 0 aliphatic carbocycles. The van der Waals surface area contributed by atoms with Crippen LogP contribution in [-0.2, 0) is 16.2 Å². The van der Waals surface area contributed by atoms with Crippen molar-refractivity contribution in [1.82, 2.24) is 0 Å². The standard InChI is InChI=1S/C8H5F6NO3S/c9-7(10,11)4-2-1-3-5(18-8(12,13)14)6(4)19(15,16)17/h1-3H,(H2,15,16,17). The molecule has 11 heteroatoms. The number of benzene rings is 1. The van der Waals surface area contributed by atoms with E-state index in [1.54, 1.807) is 0 Å². The maximum atomic E-state index is 12.5. The highest BCUT2D eigenvalue weighted by molar-refractivity contribution is 7.89. The Bertz CT molecular complexity index is 577. The highest BCUT2D eigenvalue weighted by atomic mass is 32.2. The number of nitrogens with two attached hydrogens (primary N) is 1. The zero-order chi connectivity index (χ0) is 15.1. The Hall–Kier alpha value is -1.49. The molecule has 0 aromatic heterocycles. The smallest absolute Gasteiger partial charge is 0.404 e. The van der Waals surface area contributed by atoms with Crippen LogP contribution in [0, 0.1) is 0 Å². The third-order valence-electron chi connectivity index (χ3n) is 1.79. The van der Waals surface area contributed by atoms with Crippen molar-refractivity contribution in [2.24, 2.45) is 5.14 Å². The minimum Gasteiger partial charge on any atom is -0.404 e. The summed E-state index contributed by atoms with van der Waals surface area (Å²) in [5.74, 6) is -1.54. The van der Waals surface area contributed by atoms with Crippen LogP contribution in [-0.4, -0.2) is 14.8 Å². The van der Waals surface area contributed by atoms with Crippen LogP contribution in [0.3, 0.4) is 0 Å². The summed E-state index contributed by atoms with van der Waals surface area (Å²) in [7, 11) is -5.06. The first-order chi connectivity index (χ1) is 8.32. The predicted octanol–water partition coefficient (Wildman–Crippen LogP) is 2.25. The van der Waals surface area contributed by atoms with Gasteiger partial charge in [-0.25, -0.2) is 13.6 Å². The van der Waals surface area contributed by atoms with Crippen LogP contribution in [0.1, 0.15) is 5.56 Å². The molecule has 0 aliphatic heterocycles. The van der Waals surface area contributed by atoms with Gasteiger partial charge in [-0.3, -0.25) is 0 Å². The Morgan fingerprint density at radius 2 is 1.58 bits per heavy atom. The number of halogens is 6. The second-order valence-corrected chi connectivity index (χ2v) is 4.72. The van der Waals surface area contributed by atoms with Gasteiger partial charge in [0.15, 0.2) is 0 Å². The molecule has 2 N–H and O–H groups in total.